The van der Waals surface area contributed by atoms with Gasteiger partial charge in [0.15, 0.2) is 0 Å². The lowest BCUT2D eigenvalue weighted by atomic mass is 10.1. The highest BCUT2D eigenvalue weighted by atomic mass is 79.9. The van der Waals surface area contributed by atoms with Gasteiger partial charge in [-0.1, -0.05) is 11.6 Å². The standard InChI is InChI=1S/C13H14BrNO/c1-4-5-10(3)15-13(16)11-8-9(2)6-7-12(11)14/h1,6-8,10H,5H2,2-3H3,(H,15,16). The molecule has 1 rings (SSSR count). The number of hydrogen-bond acceptors (Lipinski definition) is 1. The van der Waals surface area contributed by atoms with Gasteiger partial charge in [-0.3, -0.25) is 4.79 Å². The van der Waals surface area contributed by atoms with E-state index in [1.807, 2.05) is 32.0 Å². The molecule has 0 heterocycles. The number of hydrogen-bond donors (Lipinski definition) is 1. The SMILES string of the molecule is C#CCC(C)NC(=O)c1cc(C)ccc1Br. The highest BCUT2D eigenvalue weighted by Crippen LogP contribution is 2.18. The Morgan fingerprint density at radius 1 is 1.62 bits per heavy atom. The minimum absolute atomic E-state index is 0.00934. The fraction of sp³-hybridized carbons (Fsp3) is 0.308. The van der Waals surface area contributed by atoms with Gasteiger partial charge in [-0.15, -0.1) is 12.3 Å². The molecular weight excluding hydrogens is 266 g/mol. The molecule has 0 saturated carbocycles. The van der Waals surface area contributed by atoms with Crippen molar-refractivity contribution in [3.63, 3.8) is 0 Å². The van der Waals surface area contributed by atoms with Crippen LogP contribution in [-0.4, -0.2) is 11.9 Å². The third kappa shape index (κ3) is 3.39. The van der Waals surface area contributed by atoms with Crippen molar-refractivity contribution in [2.75, 3.05) is 0 Å². The van der Waals surface area contributed by atoms with Crippen LogP contribution in [0.4, 0.5) is 0 Å². The van der Waals surface area contributed by atoms with E-state index in [0.29, 0.717) is 12.0 Å². The number of nitrogens with one attached hydrogen (secondary N) is 1. The highest BCUT2D eigenvalue weighted by Gasteiger charge is 2.12. The maximum absolute atomic E-state index is 11.9. The molecule has 0 aliphatic rings. The normalized spacial score (nSPS) is 11.6. The zero-order valence-corrected chi connectivity index (χ0v) is 11.0. The summed E-state index contributed by atoms with van der Waals surface area (Å²) in [5.41, 5.74) is 1.70. The van der Waals surface area contributed by atoms with Gasteiger partial charge in [-0.05, 0) is 41.9 Å². The van der Waals surface area contributed by atoms with Crippen molar-refractivity contribution < 1.29 is 4.79 Å². The number of aryl methyl sites for hydroxylation is 1. The summed E-state index contributed by atoms with van der Waals surface area (Å²) < 4.78 is 0.795. The molecule has 0 aliphatic heterocycles. The van der Waals surface area contributed by atoms with Crippen LogP contribution in [0.25, 0.3) is 0 Å². The zero-order valence-electron chi connectivity index (χ0n) is 9.38. The number of benzene rings is 1. The summed E-state index contributed by atoms with van der Waals surface area (Å²) in [5, 5.41) is 2.85. The molecule has 1 atom stereocenters. The van der Waals surface area contributed by atoms with E-state index in [4.69, 9.17) is 6.42 Å². The van der Waals surface area contributed by atoms with E-state index in [0.717, 1.165) is 10.0 Å². The molecule has 0 bridgehead atoms. The predicted molar refractivity (Wildman–Crippen MR) is 69.3 cm³/mol. The van der Waals surface area contributed by atoms with Gasteiger partial charge in [0, 0.05) is 16.9 Å². The second-order valence-electron chi connectivity index (χ2n) is 3.77. The summed E-state index contributed by atoms with van der Waals surface area (Å²) in [6, 6.07) is 5.66. The molecule has 0 aromatic heterocycles. The number of amides is 1. The lowest BCUT2D eigenvalue weighted by Crippen LogP contribution is -2.32. The summed E-state index contributed by atoms with van der Waals surface area (Å²) in [6.07, 6.45) is 5.72. The second kappa shape index (κ2) is 5.72. The highest BCUT2D eigenvalue weighted by molar-refractivity contribution is 9.10. The lowest BCUT2D eigenvalue weighted by molar-refractivity contribution is 0.0940. The molecule has 1 aromatic carbocycles. The Balaban J connectivity index is 2.81. The molecule has 1 N–H and O–H groups in total. The first-order chi connectivity index (χ1) is 7.54. The molecule has 0 saturated heterocycles. The van der Waals surface area contributed by atoms with E-state index >= 15 is 0 Å². The van der Waals surface area contributed by atoms with Crippen molar-refractivity contribution in [3.05, 3.63) is 33.8 Å². The van der Waals surface area contributed by atoms with Gasteiger partial charge in [0.25, 0.3) is 5.91 Å². The molecule has 3 heteroatoms. The Morgan fingerprint density at radius 2 is 2.31 bits per heavy atom. The van der Waals surface area contributed by atoms with Gasteiger partial charge in [0.05, 0.1) is 5.56 Å². The summed E-state index contributed by atoms with van der Waals surface area (Å²) in [5.74, 6) is 2.43. The van der Waals surface area contributed by atoms with Crippen molar-refractivity contribution in [3.8, 4) is 12.3 Å². The van der Waals surface area contributed by atoms with Gasteiger partial charge in [0.2, 0.25) is 0 Å². The molecular formula is C13H14BrNO. The molecule has 84 valence electrons. The van der Waals surface area contributed by atoms with Crippen molar-refractivity contribution in [1.82, 2.24) is 5.32 Å². The van der Waals surface area contributed by atoms with Crippen molar-refractivity contribution in [1.29, 1.82) is 0 Å². The number of terminal acetylenes is 1. The van der Waals surface area contributed by atoms with Gasteiger partial charge >= 0.3 is 0 Å². The minimum atomic E-state index is -0.0988. The first-order valence-electron chi connectivity index (χ1n) is 5.05. The Bertz CT molecular complexity index is 434. The van der Waals surface area contributed by atoms with Crippen LogP contribution in [0.3, 0.4) is 0 Å². The summed E-state index contributed by atoms with van der Waals surface area (Å²) in [7, 11) is 0. The summed E-state index contributed by atoms with van der Waals surface area (Å²) in [4.78, 5) is 11.9. The molecule has 0 aliphatic carbocycles. The Hall–Kier alpha value is -1.27. The molecule has 1 amide bonds. The average molecular weight is 280 g/mol. The van der Waals surface area contributed by atoms with E-state index < -0.39 is 0 Å². The monoisotopic (exact) mass is 279 g/mol. The molecule has 0 radical (unpaired) electrons. The third-order valence-corrected chi connectivity index (χ3v) is 2.86. The quantitative estimate of drug-likeness (QED) is 0.847. The largest absolute Gasteiger partial charge is 0.349 e. The van der Waals surface area contributed by atoms with Crippen molar-refractivity contribution in [2.45, 2.75) is 26.3 Å². The molecule has 2 nitrogen and oxygen atoms in total. The van der Waals surface area contributed by atoms with Crippen LogP contribution >= 0.6 is 15.9 Å². The van der Waals surface area contributed by atoms with Crippen LogP contribution in [0.5, 0.6) is 0 Å². The zero-order chi connectivity index (χ0) is 12.1. The van der Waals surface area contributed by atoms with E-state index in [1.165, 1.54) is 0 Å². The fourth-order valence-corrected chi connectivity index (χ4v) is 1.77. The van der Waals surface area contributed by atoms with Crippen LogP contribution in [0.1, 0.15) is 29.3 Å². The van der Waals surface area contributed by atoms with E-state index in [1.54, 1.807) is 0 Å². The van der Waals surface area contributed by atoms with Gasteiger partial charge in [-0.25, -0.2) is 0 Å². The Labute approximate surface area is 105 Å². The average Bonchev–Trinajstić information content (AvgIpc) is 2.21. The summed E-state index contributed by atoms with van der Waals surface area (Å²) >= 11 is 3.36. The van der Waals surface area contributed by atoms with Crippen LogP contribution in [-0.2, 0) is 0 Å². The summed E-state index contributed by atoms with van der Waals surface area (Å²) in [6.45, 7) is 3.84. The number of halogens is 1. The van der Waals surface area contributed by atoms with Crippen LogP contribution in [0.15, 0.2) is 22.7 Å². The van der Waals surface area contributed by atoms with Gasteiger partial charge in [-0.2, -0.15) is 0 Å². The first-order valence-corrected chi connectivity index (χ1v) is 5.84. The number of carbonyl (C=O) groups excluding carboxylic acids is 1. The smallest absolute Gasteiger partial charge is 0.252 e. The van der Waals surface area contributed by atoms with Gasteiger partial charge in [0.1, 0.15) is 0 Å². The van der Waals surface area contributed by atoms with E-state index in [-0.39, 0.29) is 11.9 Å². The Kier molecular flexibility index (Phi) is 4.57. The molecule has 0 fully saturated rings. The third-order valence-electron chi connectivity index (χ3n) is 2.17. The first kappa shape index (κ1) is 12.8. The van der Waals surface area contributed by atoms with Crippen molar-refractivity contribution >= 4 is 21.8 Å². The minimum Gasteiger partial charge on any atom is -0.349 e. The van der Waals surface area contributed by atoms with E-state index in [2.05, 4.69) is 27.2 Å². The number of rotatable bonds is 3. The van der Waals surface area contributed by atoms with Crippen LogP contribution in [0, 0.1) is 19.3 Å². The Morgan fingerprint density at radius 3 is 2.94 bits per heavy atom. The second-order valence-corrected chi connectivity index (χ2v) is 4.62. The molecule has 0 spiro atoms. The molecule has 1 unspecified atom stereocenters. The predicted octanol–water partition coefficient (Wildman–Crippen LogP) is 2.90. The molecule has 1 aromatic rings. The number of carbonyl (C=O) groups is 1. The lowest BCUT2D eigenvalue weighted by Gasteiger charge is -2.12. The molecule has 16 heavy (non-hydrogen) atoms. The maximum Gasteiger partial charge on any atom is 0.252 e. The topological polar surface area (TPSA) is 29.1 Å². The fourth-order valence-electron chi connectivity index (χ4n) is 1.34. The maximum atomic E-state index is 11.9. The van der Waals surface area contributed by atoms with Gasteiger partial charge < -0.3 is 5.32 Å². The van der Waals surface area contributed by atoms with E-state index in [9.17, 15) is 4.79 Å². The van der Waals surface area contributed by atoms with Crippen molar-refractivity contribution in [2.24, 2.45) is 0 Å². The van der Waals surface area contributed by atoms with Crippen LogP contribution < -0.4 is 5.32 Å². The van der Waals surface area contributed by atoms with Crippen LogP contribution in [0.2, 0.25) is 0 Å².